The molecule has 0 spiro atoms. The van der Waals surface area contributed by atoms with Crippen molar-refractivity contribution in [3.05, 3.63) is 58.8 Å². The first-order valence-electron chi connectivity index (χ1n) is 10.4. The lowest BCUT2D eigenvalue weighted by atomic mass is 9.88. The number of nitrogens with one attached hydrogen (secondary N) is 1. The summed E-state index contributed by atoms with van der Waals surface area (Å²) in [6.45, 7) is 5.15. The second-order valence-electron chi connectivity index (χ2n) is 8.36. The highest BCUT2D eigenvalue weighted by atomic mass is 15.1. The number of H-pyrrole nitrogens is 1. The molecular formula is C23H28N4. The van der Waals surface area contributed by atoms with Crippen molar-refractivity contribution in [1.82, 2.24) is 19.9 Å². The van der Waals surface area contributed by atoms with Crippen molar-refractivity contribution in [3.8, 4) is 0 Å². The molecule has 27 heavy (non-hydrogen) atoms. The van der Waals surface area contributed by atoms with Gasteiger partial charge in [0.25, 0.3) is 0 Å². The average molecular weight is 361 g/mol. The summed E-state index contributed by atoms with van der Waals surface area (Å²) in [5.74, 6) is 1.70. The Labute approximate surface area is 161 Å². The van der Waals surface area contributed by atoms with Gasteiger partial charge in [-0.15, -0.1) is 0 Å². The maximum atomic E-state index is 4.98. The Balaban J connectivity index is 1.32. The molecule has 1 fully saturated rings. The molecule has 3 heterocycles. The largest absolute Gasteiger partial charge is 0.361 e. The molecular weight excluding hydrogens is 332 g/mol. The number of nitrogens with zero attached hydrogens (tertiary/aromatic N) is 3. The predicted octanol–water partition coefficient (Wildman–Crippen LogP) is 4.87. The van der Waals surface area contributed by atoms with Gasteiger partial charge in [-0.05, 0) is 37.0 Å². The van der Waals surface area contributed by atoms with Crippen LogP contribution in [-0.2, 0) is 19.5 Å². The number of aromatic nitrogens is 3. The van der Waals surface area contributed by atoms with Crippen LogP contribution >= 0.6 is 0 Å². The molecule has 140 valence electrons. The lowest BCUT2D eigenvalue weighted by Crippen LogP contribution is -2.31. The molecule has 0 radical (unpaired) electrons. The number of benzene rings is 1. The summed E-state index contributed by atoms with van der Waals surface area (Å²) >= 11 is 0. The highest BCUT2D eigenvalue weighted by molar-refractivity contribution is 5.83. The van der Waals surface area contributed by atoms with E-state index in [4.69, 9.17) is 9.97 Å². The van der Waals surface area contributed by atoms with Gasteiger partial charge in [-0.3, -0.25) is 4.90 Å². The van der Waals surface area contributed by atoms with Gasteiger partial charge in [0.05, 0.1) is 0 Å². The van der Waals surface area contributed by atoms with Gasteiger partial charge in [-0.2, -0.15) is 0 Å². The van der Waals surface area contributed by atoms with E-state index < -0.39 is 0 Å². The number of hydrogen-bond acceptors (Lipinski definition) is 3. The van der Waals surface area contributed by atoms with Gasteiger partial charge in [0, 0.05) is 66.5 Å². The first kappa shape index (κ1) is 16.9. The molecule has 1 aromatic carbocycles. The van der Waals surface area contributed by atoms with Crippen LogP contribution in [0.5, 0.6) is 0 Å². The molecule has 0 amide bonds. The zero-order valence-corrected chi connectivity index (χ0v) is 16.2. The monoisotopic (exact) mass is 360 g/mol. The van der Waals surface area contributed by atoms with Crippen LogP contribution in [0.3, 0.4) is 0 Å². The SMILES string of the molecule is Cc1ccc2c(CN3CCc4nc(C5CCCCC5)ncc4C3)c[nH]c2c1. The van der Waals surface area contributed by atoms with Gasteiger partial charge in [0.2, 0.25) is 0 Å². The molecule has 1 N–H and O–H groups in total. The smallest absolute Gasteiger partial charge is 0.131 e. The fraction of sp³-hybridized carbons (Fsp3) is 0.478. The summed E-state index contributed by atoms with van der Waals surface area (Å²) in [6, 6.07) is 6.67. The normalized spacial score (nSPS) is 18.7. The van der Waals surface area contributed by atoms with Crippen molar-refractivity contribution in [3.63, 3.8) is 0 Å². The van der Waals surface area contributed by atoms with Crippen molar-refractivity contribution in [2.75, 3.05) is 6.54 Å². The van der Waals surface area contributed by atoms with Gasteiger partial charge < -0.3 is 4.98 Å². The first-order chi connectivity index (χ1) is 13.3. The molecule has 1 saturated carbocycles. The highest BCUT2D eigenvalue weighted by Crippen LogP contribution is 2.31. The van der Waals surface area contributed by atoms with E-state index in [1.165, 1.54) is 65.4 Å². The number of hydrogen-bond donors (Lipinski definition) is 1. The summed E-state index contributed by atoms with van der Waals surface area (Å²) in [4.78, 5) is 15.7. The second-order valence-corrected chi connectivity index (χ2v) is 8.36. The summed E-state index contributed by atoms with van der Waals surface area (Å²) in [5, 5.41) is 1.34. The molecule has 2 aliphatic rings. The van der Waals surface area contributed by atoms with E-state index in [0.717, 1.165) is 31.9 Å². The van der Waals surface area contributed by atoms with Gasteiger partial charge in [-0.1, -0.05) is 31.4 Å². The molecule has 4 nitrogen and oxygen atoms in total. The molecule has 1 aliphatic heterocycles. The van der Waals surface area contributed by atoms with E-state index in [1.54, 1.807) is 0 Å². The lowest BCUT2D eigenvalue weighted by molar-refractivity contribution is 0.243. The van der Waals surface area contributed by atoms with E-state index in [9.17, 15) is 0 Å². The average Bonchev–Trinajstić information content (AvgIpc) is 3.10. The van der Waals surface area contributed by atoms with Gasteiger partial charge in [-0.25, -0.2) is 9.97 Å². The maximum absolute atomic E-state index is 4.98. The van der Waals surface area contributed by atoms with E-state index in [2.05, 4.69) is 47.4 Å². The molecule has 3 aromatic rings. The minimum Gasteiger partial charge on any atom is -0.361 e. The van der Waals surface area contributed by atoms with Crippen molar-refractivity contribution in [1.29, 1.82) is 0 Å². The first-order valence-corrected chi connectivity index (χ1v) is 10.4. The molecule has 1 aliphatic carbocycles. The van der Waals surface area contributed by atoms with Crippen molar-refractivity contribution >= 4 is 10.9 Å². The Kier molecular flexibility index (Phi) is 4.44. The molecule has 0 atom stereocenters. The van der Waals surface area contributed by atoms with Gasteiger partial charge in [0.15, 0.2) is 0 Å². The van der Waals surface area contributed by atoms with Crippen LogP contribution in [0.2, 0.25) is 0 Å². The third-order valence-corrected chi connectivity index (χ3v) is 6.32. The van der Waals surface area contributed by atoms with Gasteiger partial charge >= 0.3 is 0 Å². The number of aromatic amines is 1. The quantitative estimate of drug-likeness (QED) is 0.724. The van der Waals surface area contributed by atoms with Gasteiger partial charge in [0.1, 0.15) is 5.82 Å². The van der Waals surface area contributed by atoms with Crippen molar-refractivity contribution < 1.29 is 0 Å². The number of aryl methyl sites for hydroxylation is 1. The summed E-state index contributed by atoms with van der Waals surface area (Å²) in [7, 11) is 0. The van der Waals surface area contributed by atoms with Crippen LogP contribution < -0.4 is 0 Å². The Morgan fingerprint density at radius 3 is 2.96 bits per heavy atom. The van der Waals surface area contributed by atoms with E-state index >= 15 is 0 Å². The third kappa shape index (κ3) is 3.39. The van der Waals surface area contributed by atoms with Crippen LogP contribution in [0.15, 0.2) is 30.6 Å². The topological polar surface area (TPSA) is 44.8 Å². The molecule has 2 aromatic heterocycles. The Hall–Kier alpha value is -2.20. The zero-order chi connectivity index (χ0) is 18.2. The second kappa shape index (κ2) is 7.08. The number of rotatable bonds is 3. The lowest BCUT2D eigenvalue weighted by Gasteiger charge is -2.29. The molecule has 0 bridgehead atoms. The predicted molar refractivity (Wildman–Crippen MR) is 109 cm³/mol. The van der Waals surface area contributed by atoms with Crippen LogP contribution in [0.4, 0.5) is 0 Å². The van der Waals surface area contributed by atoms with E-state index in [1.807, 2.05) is 0 Å². The van der Waals surface area contributed by atoms with Crippen LogP contribution in [0, 0.1) is 6.92 Å². The van der Waals surface area contributed by atoms with Crippen LogP contribution in [0.1, 0.15) is 66.2 Å². The third-order valence-electron chi connectivity index (χ3n) is 6.32. The summed E-state index contributed by atoms with van der Waals surface area (Å²) < 4.78 is 0. The molecule has 0 saturated heterocycles. The summed E-state index contributed by atoms with van der Waals surface area (Å²) in [6.07, 6.45) is 11.9. The van der Waals surface area contributed by atoms with Crippen molar-refractivity contribution in [2.24, 2.45) is 0 Å². The Morgan fingerprint density at radius 2 is 2.07 bits per heavy atom. The van der Waals surface area contributed by atoms with E-state index in [0.29, 0.717) is 5.92 Å². The standard InChI is InChI=1S/C23H28N4/c1-16-7-8-20-18(12-24-22(20)11-16)14-27-10-9-21-19(15-27)13-25-23(26-21)17-5-3-2-4-6-17/h7-8,11-13,17,24H,2-6,9-10,14-15H2,1H3. The minimum atomic E-state index is 0.594. The highest BCUT2D eigenvalue weighted by Gasteiger charge is 2.23. The minimum absolute atomic E-state index is 0.594. The van der Waals surface area contributed by atoms with Crippen LogP contribution in [0.25, 0.3) is 10.9 Å². The fourth-order valence-corrected chi connectivity index (χ4v) is 4.75. The molecule has 5 rings (SSSR count). The van der Waals surface area contributed by atoms with E-state index in [-0.39, 0.29) is 0 Å². The maximum Gasteiger partial charge on any atom is 0.131 e. The Morgan fingerprint density at radius 1 is 1.19 bits per heavy atom. The number of fused-ring (bicyclic) bond motifs is 2. The zero-order valence-electron chi connectivity index (χ0n) is 16.2. The van der Waals surface area contributed by atoms with Crippen molar-refractivity contribution in [2.45, 2.75) is 64.5 Å². The molecule has 0 unspecified atom stereocenters. The Bertz CT molecular complexity index is 952. The fourth-order valence-electron chi connectivity index (χ4n) is 4.75. The van der Waals surface area contributed by atoms with Crippen LogP contribution in [-0.4, -0.2) is 26.4 Å². The summed E-state index contributed by atoms with van der Waals surface area (Å²) in [5.41, 5.74) is 6.53. The molecule has 4 heteroatoms.